The molecular formula is C4H10O2S. The molecule has 0 bridgehead atoms. The molecule has 3 heteroatoms. The molecule has 1 saturated heterocycles. The lowest BCUT2D eigenvalue weighted by atomic mass is 10.2. The first-order valence-electron chi connectivity index (χ1n) is 2.02. The van der Waals surface area contributed by atoms with Crippen molar-refractivity contribution in [3.05, 3.63) is 0 Å². The van der Waals surface area contributed by atoms with E-state index in [0.717, 1.165) is 6.61 Å². The molecular weight excluding hydrogens is 112 g/mol. The second kappa shape index (κ2) is 2.03. The van der Waals surface area contributed by atoms with E-state index in [1.54, 1.807) is 0 Å². The van der Waals surface area contributed by atoms with Gasteiger partial charge in [0, 0.05) is 0 Å². The minimum absolute atomic E-state index is 0. The molecule has 1 fully saturated rings. The summed E-state index contributed by atoms with van der Waals surface area (Å²) < 4.78 is 4.80. The van der Waals surface area contributed by atoms with Gasteiger partial charge in [-0.1, -0.05) is 0 Å². The first-order chi connectivity index (χ1) is 2.77. The topological polar surface area (TPSA) is 32.8 Å². The molecule has 44 valence electrons. The van der Waals surface area contributed by atoms with Crippen LogP contribution in [0.4, 0.5) is 0 Å². The van der Waals surface area contributed by atoms with E-state index >= 15 is 0 Å². The maximum Gasteiger partial charge on any atom is 0.112 e. The van der Waals surface area contributed by atoms with Gasteiger partial charge in [0.1, 0.15) is 5.60 Å². The first-order valence-corrected chi connectivity index (χ1v) is 2.02. The van der Waals surface area contributed by atoms with Crippen molar-refractivity contribution in [1.29, 1.82) is 0 Å². The zero-order chi connectivity index (χ0) is 4.62. The fourth-order valence-electron chi connectivity index (χ4n) is 0.214. The van der Waals surface area contributed by atoms with Gasteiger partial charge in [-0.3, -0.25) is 0 Å². The van der Waals surface area contributed by atoms with E-state index in [0.29, 0.717) is 0 Å². The van der Waals surface area contributed by atoms with Gasteiger partial charge in [-0.25, -0.2) is 0 Å². The van der Waals surface area contributed by atoms with Crippen LogP contribution in [0.2, 0.25) is 0 Å². The fraction of sp³-hybridized carbons (Fsp3) is 1.00. The van der Waals surface area contributed by atoms with Crippen molar-refractivity contribution in [1.82, 2.24) is 0 Å². The highest BCUT2D eigenvalue weighted by molar-refractivity contribution is 7.59. The lowest BCUT2D eigenvalue weighted by Gasteiger charge is -1.91. The normalized spacial score (nSPS) is 36.9. The van der Waals surface area contributed by atoms with Gasteiger partial charge in [0.25, 0.3) is 0 Å². The molecule has 7 heavy (non-hydrogen) atoms. The van der Waals surface area contributed by atoms with Crippen molar-refractivity contribution < 1.29 is 9.84 Å². The summed E-state index contributed by atoms with van der Waals surface area (Å²) in [5, 5.41) is 8.34. The molecule has 0 aliphatic carbocycles. The molecule has 1 N–H and O–H groups in total. The lowest BCUT2D eigenvalue weighted by Crippen LogP contribution is -2.09. The summed E-state index contributed by atoms with van der Waals surface area (Å²) in [6.07, 6.45) is 0. The van der Waals surface area contributed by atoms with Gasteiger partial charge in [0.05, 0.1) is 13.2 Å². The Morgan fingerprint density at radius 1 is 1.86 bits per heavy atom. The molecule has 0 aromatic carbocycles. The van der Waals surface area contributed by atoms with Gasteiger partial charge in [-0.15, -0.1) is 0 Å². The summed E-state index contributed by atoms with van der Waals surface area (Å²) in [5.74, 6) is 0. The van der Waals surface area contributed by atoms with Crippen LogP contribution in [0.25, 0.3) is 0 Å². The van der Waals surface area contributed by atoms with Crippen molar-refractivity contribution in [2.75, 3.05) is 13.2 Å². The van der Waals surface area contributed by atoms with E-state index in [1.165, 1.54) is 0 Å². The Kier molecular flexibility index (Phi) is 2.10. The van der Waals surface area contributed by atoms with Gasteiger partial charge in [-0.05, 0) is 6.92 Å². The highest BCUT2D eigenvalue weighted by Gasteiger charge is 2.38. The van der Waals surface area contributed by atoms with Crippen molar-refractivity contribution >= 4 is 13.5 Å². The molecule has 0 amide bonds. The predicted molar refractivity (Wildman–Crippen MR) is 31.8 cm³/mol. The summed E-state index contributed by atoms with van der Waals surface area (Å²) >= 11 is 0. The average Bonchev–Trinajstić information content (AvgIpc) is 2.22. The molecule has 0 aromatic rings. The molecule has 0 spiro atoms. The molecule has 0 radical (unpaired) electrons. The maximum atomic E-state index is 8.34. The van der Waals surface area contributed by atoms with Crippen LogP contribution in [-0.4, -0.2) is 23.9 Å². The summed E-state index contributed by atoms with van der Waals surface area (Å²) in [5.41, 5.74) is -0.153. The second-order valence-corrected chi connectivity index (χ2v) is 1.90. The van der Waals surface area contributed by atoms with Crippen molar-refractivity contribution in [2.24, 2.45) is 0 Å². The SMILES string of the molecule is C[C@]1(CO)CO1.S. The Morgan fingerprint density at radius 2 is 2.29 bits per heavy atom. The Bertz CT molecular complexity index is 60.7. The van der Waals surface area contributed by atoms with Gasteiger partial charge in [-0.2, -0.15) is 13.5 Å². The van der Waals surface area contributed by atoms with E-state index < -0.39 is 0 Å². The van der Waals surface area contributed by atoms with Crippen LogP contribution in [0, 0.1) is 0 Å². The Hall–Kier alpha value is 0.270. The summed E-state index contributed by atoms with van der Waals surface area (Å²) in [4.78, 5) is 0. The van der Waals surface area contributed by atoms with Gasteiger partial charge in [0.15, 0.2) is 0 Å². The largest absolute Gasteiger partial charge is 0.393 e. The Labute approximate surface area is 49.9 Å². The van der Waals surface area contributed by atoms with Crippen molar-refractivity contribution in [2.45, 2.75) is 12.5 Å². The van der Waals surface area contributed by atoms with Crippen LogP contribution in [0.15, 0.2) is 0 Å². The van der Waals surface area contributed by atoms with Gasteiger partial charge in [0.2, 0.25) is 0 Å². The third-order valence-corrected chi connectivity index (χ3v) is 0.972. The Balaban J connectivity index is 0.000000360. The number of rotatable bonds is 1. The van der Waals surface area contributed by atoms with Crippen LogP contribution in [0.3, 0.4) is 0 Å². The number of ether oxygens (including phenoxy) is 1. The van der Waals surface area contributed by atoms with E-state index in [-0.39, 0.29) is 25.7 Å². The molecule has 0 aromatic heterocycles. The molecule has 2 nitrogen and oxygen atoms in total. The van der Waals surface area contributed by atoms with Crippen molar-refractivity contribution in [3.63, 3.8) is 0 Å². The van der Waals surface area contributed by atoms with Crippen LogP contribution in [0.1, 0.15) is 6.92 Å². The smallest absolute Gasteiger partial charge is 0.112 e. The number of epoxide rings is 1. The van der Waals surface area contributed by atoms with Crippen molar-refractivity contribution in [3.8, 4) is 0 Å². The number of hydrogen-bond acceptors (Lipinski definition) is 2. The van der Waals surface area contributed by atoms with E-state index in [1.807, 2.05) is 6.92 Å². The number of aliphatic hydroxyl groups is 1. The summed E-state index contributed by atoms with van der Waals surface area (Å²) in [6.45, 7) is 2.77. The molecule has 0 unspecified atom stereocenters. The van der Waals surface area contributed by atoms with Crippen LogP contribution < -0.4 is 0 Å². The standard InChI is InChI=1S/C4H8O2.H2S/c1-4(2-5)3-6-4;/h5H,2-3H2,1H3;1H2/t4-;/m0./s1. The maximum absolute atomic E-state index is 8.34. The quantitative estimate of drug-likeness (QED) is 0.492. The van der Waals surface area contributed by atoms with Gasteiger partial charge >= 0.3 is 0 Å². The molecule has 1 rings (SSSR count). The second-order valence-electron chi connectivity index (χ2n) is 1.90. The third-order valence-electron chi connectivity index (χ3n) is 0.972. The van der Waals surface area contributed by atoms with E-state index in [4.69, 9.17) is 9.84 Å². The first kappa shape index (κ1) is 7.27. The van der Waals surface area contributed by atoms with E-state index in [9.17, 15) is 0 Å². The zero-order valence-electron chi connectivity index (χ0n) is 4.27. The molecule has 1 aliphatic heterocycles. The lowest BCUT2D eigenvalue weighted by molar-refractivity contribution is 0.185. The van der Waals surface area contributed by atoms with Gasteiger partial charge < -0.3 is 9.84 Å². The van der Waals surface area contributed by atoms with Crippen LogP contribution >= 0.6 is 13.5 Å². The highest BCUT2D eigenvalue weighted by Crippen LogP contribution is 2.23. The fourth-order valence-corrected chi connectivity index (χ4v) is 0.214. The summed E-state index contributed by atoms with van der Waals surface area (Å²) in [7, 11) is 0. The Morgan fingerprint density at radius 3 is 2.29 bits per heavy atom. The molecule has 1 atom stereocenters. The predicted octanol–water partition coefficient (Wildman–Crippen LogP) is -0.120. The highest BCUT2D eigenvalue weighted by atomic mass is 32.1. The molecule has 1 heterocycles. The molecule has 0 saturated carbocycles. The monoisotopic (exact) mass is 122 g/mol. The summed E-state index contributed by atoms with van der Waals surface area (Å²) in [6, 6.07) is 0. The average molecular weight is 122 g/mol. The minimum Gasteiger partial charge on any atom is -0.393 e. The van der Waals surface area contributed by atoms with Crippen LogP contribution in [0.5, 0.6) is 0 Å². The third kappa shape index (κ3) is 1.67. The number of aliphatic hydroxyl groups excluding tert-OH is 1. The molecule has 1 aliphatic rings. The van der Waals surface area contributed by atoms with Crippen LogP contribution in [-0.2, 0) is 4.74 Å². The number of hydrogen-bond donors (Lipinski definition) is 1. The minimum atomic E-state index is -0.153. The zero-order valence-corrected chi connectivity index (χ0v) is 5.27. The van der Waals surface area contributed by atoms with E-state index in [2.05, 4.69) is 0 Å².